The molecule has 1 aliphatic heterocycles. The van der Waals surface area contributed by atoms with Crippen molar-refractivity contribution in [2.75, 3.05) is 36.9 Å². The van der Waals surface area contributed by atoms with Gasteiger partial charge < -0.3 is 15.4 Å². The van der Waals surface area contributed by atoms with E-state index in [2.05, 4.69) is 39.9 Å². The summed E-state index contributed by atoms with van der Waals surface area (Å²) in [7, 11) is 0. The van der Waals surface area contributed by atoms with Gasteiger partial charge in [-0.3, -0.25) is 5.10 Å². The Kier molecular flexibility index (Phi) is 4.85. The maximum absolute atomic E-state index is 5.46. The number of fused-ring (bicyclic) bond motifs is 1. The Morgan fingerprint density at radius 3 is 2.92 bits per heavy atom. The molecule has 0 amide bonds. The number of ether oxygens (including phenoxy) is 1. The summed E-state index contributed by atoms with van der Waals surface area (Å²) in [5.41, 5.74) is 3.20. The highest BCUT2D eigenvalue weighted by Gasteiger charge is 2.16. The summed E-state index contributed by atoms with van der Waals surface area (Å²) in [5.74, 6) is 1.59. The molecule has 132 valence electrons. The zero-order chi connectivity index (χ0) is 17.1. The maximum Gasteiger partial charge on any atom is 0.128 e. The average Bonchev–Trinajstić information content (AvgIpc) is 3.30. The molecule has 0 aromatic carbocycles. The fraction of sp³-hybridized carbons (Fsp3) is 0.444. The van der Waals surface area contributed by atoms with Gasteiger partial charge in [-0.05, 0) is 37.8 Å². The largest absolute Gasteiger partial charge is 0.383 e. The summed E-state index contributed by atoms with van der Waals surface area (Å²) in [5, 5.41) is 14.1. The second kappa shape index (κ2) is 7.41. The van der Waals surface area contributed by atoms with Crippen LogP contribution in [0, 0.1) is 5.92 Å². The summed E-state index contributed by atoms with van der Waals surface area (Å²) >= 11 is 1.75. The van der Waals surface area contributed by atoms with E-state index < -0.39 is 0 Å². The van der Waals surface area contributed by atoms with Crippen molar-refractivity contribution in [3.8, 4) is 10.6 Å². The van der Waals surface area contributed by atoms with Crippen LogP contribution in [0.5, 0.6) is 0 Å². The minimum atomic E-state index is 0.673. The predicted molar refractivity (Wildman–Crippen MR) is 103 cm³/mol. The lowest BCUT2D eigenvalue weighted by Gasteiger charge is -2.23. The summed E-state index contributed by atoms with van der Waals surface area (Å²) < 4.78 is 6.66. The molecule has 0 aliphatic carbocycles. The van der Waals surface area contributed by atoms with Crippen molar-refractivity contribution in [2.24, 2.45) is 5.92 Å². The number of pyridine rings is 1. The molecular weight excluding hydrogens is 334 g/mol. The zero-order valence-corrected chi connectivity index (χ0v) is 15.2. The Hall–Kier alpha value is -2.12. The number of H-pyrrole nitrogens is 1. The van der Waals surface area contributed by atoms with Crippen molar-refractivity contribution in [1.29, 1.82) is 0 Å². The van der Waals surface area contributed by atoms with Crippen molar-refractivity contribution < 1.29 is 4.74 Å². The van der Waals surface area contributed by atoms with Crippen LogP contribution < -0.4 is 10.6 Å². The molecule has 0 radical (unpaired) electrons. The highest BCUT2D eigenvalue weighted by molar-refractivity contribution is 7.22. The lowest BCUT2D eigenvalue weighted by Crippen LogP contribution is -2.22. The van der Waals surface area contributed by atoms with Gasteiger partial charge in [0.2, 0.25) is 0 Å². The van der Waals surface area contributed by atoms with E-state index in [1.807, 2.05) is 6.07 Å². The molecule has 3 N–H and O–H groups in total. The second-order valence-electron chi connectivity index (χ2n) is 6.32. The summed E-state index contributed by atoms with van der Waals surface area (Å²) in [6.45, 7) is 5.68. The van der Waals surface area contributed by atoms with Crippen LogP contribution in [0.4, 0.5) is 11.5 Å². The standard InChI is InChI=1S/C18H23N5OS/c1-2-19-17-10-14(20-11-12-4-7-24-8-5-12)18-15(22-17)9-16(25-18)13-3-6-21-23-13/h3,6,9-10,12H,2,4-5,7-8,11H2,1H3,(H,21,23)(H2,19,20,22). The molecule has 0 saturated carbocycles. The highest BCUT2D eigenvalue weighted by Crippen LogP contribution is 2.37. The van der Waals surface area contributed by atoms with Gasteiger partial charge >= 0.3 is 0 Å². The van der Waals surface area contributed by atoms with Crippen LogP contribution in [0.1, 0.15) is 19.8 Å². The second-order valence-corrected chi connectivity index (χ2v) is 7.37. The van der Waals surface area contributed by atoms with Gasteiger partial charge in [-0.25, -0.2) is 4.98 Å². The van der Waals surface area contributed by atoms with Crippen LogP contribution in [0.2, 0.25) is 0 Å². The van der Waals surface area contributed by atoms with Crippen LogP contribution in [-0.2, 0) is 4.74 Å². The van der Waals surface area contributed by atoms with Crippen LogP contribution in [0.3, 0.4) is 0 Å². The van der Waals surface area contributed by atoms with E-state index in [4.69, 9.17) is 9.72 Å². The number of aromatic nitrogens is 3. The van der Waals surface area contributed by atoms with E-state index >= 15 is 0 Å². The summed E-state index contributed by atoms with van der Waals surface area (Å²) in [6.07, 6.45) is 4.04. The molecular formula is C18H23N5OS. The topological polar surface area (TPSA) is 74.9 Å². The van der Waals surface area contributed by atoms with Crippen molar-refractivity contribution in [3.05, 3.63) is 24.4 Å². The molecule has 3 aromatic heterocycles. The number of hydrogen-bond acceptors (Lipinski definition) is 6. The summed E-state index contributed by atoms with van der Waals surface area (Å²) in [6, 6.07) is 6.25. The number of aromatic amines is 1. The van der Waals surface area contributed by atoms with E-state index in [1.165, 1.54) is 4.70 Å². The van der Waals surface area contributed by atoms with Gasteiger partial charge in [-0.2, -0.15) is 5.10 Å². The Balaban J connectivity index is 1.64. The van der Waals surface area contributed by atoms with Crippen molar-refractivity contribution in [3.63, 3.8) is 0 Å². The Bertz CT molecular complexity index is 823. The molecule has 0 atom stereocenters. The molecule has 0 unspecified atom stereocenters. The molecule has 0 spiro atoms. The van der Waals surface area contributed by atoms with Crippen molar-refractivity contribution in [1.82, 2.24) is 15.2 Å². The first-order chi connectivity index (χ1) is 12.3. The smallest absolute Gasteiger partial charge is 0.128 e. The molecule has 1 aliphatic rings. The number of rotatable bonds is 6. The van der Waals surface area contributed by atoms with E-state index in [0.717, 1.165) is 66.7 Å². The van der Waals surface area contributed by atoms with E-state index in [1.54, 1.807) is 17.5 Å². The van der Waals surface area contributed by atoms with Crippen LogP contribution >= 0.6 is 11.3 Å². The fourth-order valence-electron chi connectivity index (χ4n) is 3.16. The third-order valence-corrected chi connectivity index (χ3v) is 5.72. The minimum Gasteiger partial charge on any atom is -0.383 e. The van der Waals surface area contributed by atoms with Crippen LogP contribution in [0.25, 0.3) is 20.8 Å². The average molecular weight is 357 g/mol. The Morgan fingerprint density at radius 2 is 2.16 bits per heavy atom. The van der Waals surface area contributed by atoms with Gasteiger partial charge in [-0.1, -0.05) is 0 Å². The van der Waals surface area contributed by atoms with Gasteiger partial charge in [0, 0.05) is 38.6 Å². The van der Waals surface area contributed by atoms with Crippen LogP contribution in [0.15, 0.2) is 24.4 Å². The first kappa shape index (κ1) is 16.4. The van der Waals surface area contributed by atoms with Gasteiger partial charge in [0.1, 0.15) is 5.82 Å². The zero-order valence-electron chi connectivity index (χ0n) is 14.3. The summed E-state index contributed by atoms with van der Waals surface area (Å²) in [4.78, 5) is 5.91. The lowest BCUT2D eigenvalue weighted by molar-refractivity contribution is 0.0699. The Morgan fingerprint density at radius 1 is 1.28 bits per heavy atom. The van der Waals surface area contributed by atoms with Crippen LogP contribution in [-0.4, -0.2) is 41.5 Å². The third-order valence-electron chi connectivity index (χ3n) is 4.53. The number of nitrogens with one attached hydrogen (secondary N) is 3. The minimum absolute atomic E-state index is 0.673. The first-order valence-corrected chi connectivity index (χ1v) is 9.65. The number of thiophene rings is 1. The number of nitrogens with zero attached hydrogens (tertiary/aromatic N) is 2. The first-order valence-electron chi connectivity index (χ1n) is 8.83. The number of anilines is 2. The third kappa shape index (κ3) is 3.62. The molecule has 7 heteroatoms. The molecule has 4 heterocycles. The molecule has 1 fully saturated rings. The monoisotopic (exact) mass is 357 g/mol. The van der Waals surface area contributed by atoms with Crippen molar-refractivity contribution >= 4 is 33.1 Å². The lowest BCUT2D eigenvalue weighted by atomic mass is 10.0. The van der Waals surface area contributed by atoms with E-state index in [9.17, 15) is 0 Å². The SMILES string of the molecule is CCNc1cc(NCC2CCOCC2)c2sc(-c3ccn[nH]3)cc2n1. The normalized spacial score (nSPS) is 15.6. The van der Waals surface area contributed by atoms with Gasteiger partial charge in [0.05, 0.1) is 26.5 Å². The molecule has 4 rings (SSSR count). The molecule has 1 saturated heterocycles. The van der Waals surface area contributed by atoms with E-state index in [0.29, 0.717) is 5.92 Å². The van der Waals surface area contributed by atoms with Gasteiger partial charge in [-0.15, -0.1) is 11.3 Å². The molecule has 25 heavy (non-hydrogen) atoms. The van der Waals surface area contributed by atoms with Gasteiger partial charge in [0.25, 0.3) is 0 Å². The fourth-order valence-corrected chi connectivity index (χ4v) is 4.22. The van der Waals surface area contributed by atoms with Gasteiger partial charge in [0.15, 0.2) is 0 Å². The quantitative estimate of drug-likeness (QED) is 0.623. The molecule has 0 bridgehead atoms. The highest BCUT2D eigenvalue weighted by atomic mass is 32.1. The maximum atomic E-state index is 5.46. The molecule has 3 aromatic rings. The molecule has 6 nitrogen and oxygen atoms in total. The van der Waals surface area contributed by atoms with Crippen molar-refractivity contribution in [2.45, 2.75) is 19.8 Å². The van der Waals surface area contributed by atoms with E-state index in [-0.39, 0.29) is 0 Å². The predicted octanol–water partition coefficient (Wildman–Crippen LogP) is 3.96. The Labute approximate surface area is 151 Å². The number of hydrogen-bond donors (Lipinski definition) is 3.